The number of amides is 1. The van der Waals surface area contributed by atoms with E-state index in [-0.39, 0.29) is 5.91 Å². The molecule has 0 aliphatic heterocycles. The first kappa shape index (κ1) is 18.8. The molecular weight excluding hydrogens is 432 g/mol. The fourth-order valence-corrected chi connectivity index (χ4v) is 4.41. The molecule has 4 rings (SSSR count). The number of carbonyl (C=O) groups is 1. The summed E-state index contributed by atoms with van der Waals surface area (Å²) in [6.07, 6.45) is 0.917. The van der Waals surface area contributed by atoms with E-state index in [1.165, 1.54) is 5.56 Å². The number of fused-ring (bicyclic) bond motifs is 1. The second-order valence-electron chi connectivity index (χ2n) is 6.50. The van der Waals surface area contributed by atoms with Gasteiger partial charge in [0.15, 0.2) is 5.13 Å². The summed E-state index contributed by atoms with van der Waals surface area (Å²) in [5.41, 5.74) is 3.92. The van der Waals surface area contributed by atoms with Crippen LogP contribution in [0.25, 0.3) is 10.2 Å². The number of hydrogen-bond donors (Lipinski definition) is 0. The smallest absolute Gasteiger partial charge is 0.260 e. The lowest BCUT2D eigenvalue weighted by Crippen LogP contribution is -2.30. The van der Waals surface area contributed by atoms with Crippen molar-refractivity contribution in [2.75, 3.05) is 4.90 Å². The topological polar surface area (TPSA) is 33.2 Å². The summed E-state index contributed by atoms with van der Waals surface area (Å²) in [6, 6.07) is 23.7. The Balaban J connectivity index is 1.78. The quantitative estimate of drug-likeness (QED) is 0.349. The van der Waals surface area contributed by atoms with Gasteiger partial charge < -0.3 is 0 Å². The summed E-state index contributed by atoms with van der Waals surface area (Å²) >= 11 is 5.00. The molecule has 0 radical (unpaired) electrons. The summed E-state index contributed by atoms with van der Waals surface area (Å²) in [5.74, 6) is -0.0477. The van der Waals surface area contributed by atoms with Gasteiger partial charge in [-0.15, -0.1) is 0 Å². The Labute approximate surface area is 176 Å². The molecule has 5 heteroatoms. The second-order valence-corrected chi connectivity index (χ2v) is 8.42. The highest BCUT2D eigenvalue weighted by atomic mass is 79.9. The lowest BCUT2D eigenvalue weighted by molar-refractivity contribution is 0.0985. The zero-order valence-electron chi connectivity index (χ0n) is 15.4. The van der Waals surface area contributed by atoms with Crippen LogP contribution < -0.4 is 4.90 Å². The Morgan fingerprint density at radius 2 is 1.75 bits per heavy atom. The van der Waals surface area contributed by atoms with Crippen LogP contribution in [0.4, 0.5) is 5.13 Å². The van der Waals surface area contributed by atoms with E-state index >= 15 is 0 Å². The summed E-state index contributed by atoms with van der Waals surface area (Å²) in [4.78, 5) is 20.0. The van der Waals surface area contributed by atoms with Gasteiger partial charge in [-0.3, -0.25) is 9.69 Å². The fourth-order valence-electron chi connectivity index (χ4n) is 3.14. The molecule has 140 valence electrons. The monoisotopic (exact) mass is 450 g/mol. The first-order chi connectivity index (χ1) is 13.7. The van der Waals surface area contributed by atoms with E-state index in [9.17, 15) is 4.79 Å². The molecule has 3 aromatic carbocycles. The van der Waals surface area contributed by atoms with Crippen LogP contribution >= 0.6 is 27.3 Å². The normalized spacial score (nSPS) is 10.9. The molecule has 0 bridgehead atoms. The Hall–Kier alpha value is -2.50. The summed E-state index contributed by atoms with van der Waals surface area (Å²) in [7, 11) is 0. The van der Waals surface area contributed by atoms with Crippen molar-refractivity contribution in [2.24, 2.45) is 0 Å². The third-order valence-corrected chi connectivity index (χ3v) is 6.20. The first-order valence-corrected chi connectivity index (χ1v) is 10.8. The summed E-state index contributed by atoms with van der Waals surface area (Å²) in [5, 5.41) is 0.729. The van der Waals surface area contributed by atoms with Gasteiger partial charge in [0.05, 0.1) is 16.8 Å². The Kier molecular flexibility index (Phi) is 5.55. The van der Waals surface area contributed by atoms with E-state index in [1.807, 2.05) is 54.6 Å². The molecule has 0 aliphatic carbocycles. The van der Waals surface area contributed by atoms with Crippen molar-refractivity contribution in [3.05, 3.63) is 94.0 Å². The van der Waals surface area contributed by atoms with Gasteiger partial charge in [0.2, 0.25) is 0 Å². The van der Waals surface area contributed by atoms with Gasteiger partial charge in [0.25, 0.3) is 5.91 Å². The molecule has 1 amide bonds. The standard InChI is InChI=1S/C23H19BrN2OS/c1-2-17-9-6-10-20-21(17)25-23(28-20)26(15-16-7-4-3-5-8-16)22(27)18-11-13-19(24)14-12-18/h3-14H,2,15H2,1H3. The third kappa shape index (κ3) is 3.86. The lowest BCUT2D eigenvalue weighted by atomic mass is 10.1. The Bertz CT molecular complexity index is 1110. The van der Waals surface area contributed by atoms with Gasteiger partial charge >= 0.3 is 0 Å². The van der Waals surface area contributed by atoms with E-state index < -0.39 is 0 Å². The fraction of sp³-hybridized carbons (Fsp3) is 0.130. The van der Waals surface area contributed by atoms with Crippen molar-refractivity contribution in [1.82, 2.24) is 4.98 Å². The maximum Gasteiger partial charge on any atom is 0.260 e. The predicted octanol–water partition coefficient (Wildman–Crippen LogP) is 6.47. The zero-order valence-corrected chi connectivity index (χ0v) is 17.8. The highest BCUT2D eigenvalue weighted by Crippen LogP contribution is 2.32. The van der Waals surface area contributed by atoms with Crippen LogP contribution in [0, 0.1) is 0 Å². The van der Waals surface area contributed by atoms with Gasteiger partial charge in [0.1, 0.15) is 0 Å². The van der Waals surface area contributed by atoms with Crippen molar-refractivity contribution in [2.45, 2.75) is 19.9 Å². The molecular formula is C23H19BrN2OS. The van der Waals surface area contributed by atoms with Crippen LogP contribution in [-0.4, -0.2) is 10.9 Å². The molecule has 28 heavy (non-hydrogen) atoms. The highest BCUT2D eigenvalue weighted by molar-refractivity contribution is 9.10. The van der Waals surface area contributed by atoms with Crippen LogP contribution in [0.3, 0.4) is 0 Å². The molecule has 0 saturated heterocycles. The van der Waals surface area contributed by atoms with Crippen LogP contribution in [0.2, 0.25) is 0 Å². The minimum Gasteiger partial charge on any atom is -0.279 e. The van der Waals surface area contributed by atoms with Crippen molar-refractivity contribution in [3.8, 4) is 0 Å². The second kappa shape index (κ2) is 8.25. The van der Waals surface area contributed by atoms with Gasteiger partial charge in [0, 0.05) is 10.0 Å². The summed E-state index contributed by atoms with van der Waals surface area (Å²) < 4.78 is 2.06. The maximum absolute atomic E-state index is 13.4. The highest BCUT2D eigenvalue weighted by Gasteiger charge is 2.22. The SMILES string of the molecule is CCc1cccc2sc(N(Cc3ccccc3)C(=O)c3ccc(Br)cc3)nc12. The van der Waals surface area contributed by atoms with Crippen molar-refractivity contribution < 1.29 is 4.79 Å². The van der Waals surface area contributed by atoms with Gasteiger partial charge in [-0.05, 0) is 47.9 Å². The molecule has 0 spiro atoms. The Morgan fingerprint density at radius 1 is 1.00 bits per heavy atom. The largest absolute Gasteiger partial charge is 0.279 e. The molecule has 3 nitrogen and oxygen atoms in total. The zero-order chi connectivity index (χ0) is 19.5. The van der Waals surface area contributed by atoms with E-state index in [0.717, 1.165) is 31.8 Å². The molecule has 1 heterocycles. The van der Waals surface area contributed by atoms with Crippen LogP contribution in [0.15, 0.2) is 77.3 Å². The molecule has 0 atom stereocenters. The van der Waals surface area contributed by atoms with Gasteiger partial charge in [-0.25, -0.2) is 4.98 Å². The number of carbonyl (C=O) groups excluding carboxylic acids is 1. The van der Waals surface area contributed by atoms with Crippen molar-refractivity contribution in [1.29, 1.82) is 0 Å². The van der Waals surface area contributed by atoms with Gasteiger partial charge in [-0.1, -0.05) is 76.7 Å². The number of nitrogens with zero attached hydrogens (tertiary/aromatic N) is 2. The van der Waals surface area contributed by atoms with E-state index in [4.69, 9.17) is 4.98 Å². The average molecular weight is 451 g/mol. The number of para-hydroxylation sites is 1. The lowest BCUT2D eigenvalue weighted by Gasteiger charge is -2.20. The number of aromatic nitrogens is 1. The Morgan fingerprint density at radius 3 is 2.46 bits per heavy atom. The van der Waals surface area contributed by atoms with Crippen molar-refractivity contribution >= 4 is 48.5 Å². The van der Waals surface area contributed by atoms with Crippen LogP contribution in [-0.2, 0) is 13.0 Å². The average Bonchev–Trinajstić information content (AvgIpc) is 3.17. The number of thiazole rings is 1. The minimum absolute atomic E-state index is 0.0477. The van der Waals surface area contributed by atoms with Crippen LogP contribution in [0.1, 0.15) is 28.4 Å². The minimum atomic E-state index is -0.0477. The molecule has 0 fully saturated rings. The predicted molar refractivity (Wildman–Crippen MR) is 120 cm³/mol. The number of rotatable bonds is 5. The van der Waals surface area contributed by atoms with E-state index in [0.29, 0.717) is 12.1 Å². The summed E-state index contributed by atoms with van der Waals surface area (Å²) in [6.45, 7) is 2.61. The van der Waals surface area contributed by atoms with Crippen LogP contribution in [0.5, 0.6) is 0 Å². The molecule has 0 N–H and O–H groups in total. The molecule has 0 aliphatic rings. The third-order valence-electron chi connectivity index (χ3n) is 4.62. The van der Waals surface area contributed by atoms with E-state index in [2.05, 4.69) is 41.1 Å². The van der Waals surface area contributed by atoms with E-state index in [1.54, 1.807) is 16.2 Å². The first-order valence-electron chi connectivity index (χ1n) is 9.15. The molecule has 4 aromatic rings. The molecule has 1 aromatic heterocycles. The molecule has 0 unspecified atom stereocenters. The maximum atomic E-state index is 13.4. The number of hydrogen-bond acceptors (Lipinski definition) is 3. The number of aryl methyl sites for hydroxylation is 1. The van der Waals surface area contributed by atoms with Gasteiger partial charge in [-0.2, -0.15) is 0 Å². The molecule has 0 saturated carbocycles. The van der Waals surface area contributed by atoms with Crippen molar-refractivity contribution in [3.63, 3.8) is 0 Å². The number of halogens is 1. The number of anilines is 1. The number of benzene rings is 3.